The van der Waals surface area contributed by atoms with Crippen molar-refractivity contribution in [1.29, 1.82) is 0 Å². The van der Waals surface area contributed by atoms with Crippen molar-refractivity contribution in [1.82, 2.24) is 20.3 Å². The second-order valence-electron chi connectivity index (χ2n) is 6.26. The minimum Gasteiger partial charge on any atom is -0.368 e. The largest absolute Gasteiger partial charge is 0.368 e. The molecule has 1 fully saturated rings. The lowest BCUT2D eigenvalue weighted by molar-refractivity contribution is 0.389. The van der Waals surface area contributed by atoms with Crippen LogP contribution in [0, 0.1) is 5.92 Å². The molecule has 0 spiro atoms. The van der Waals surface area contributed by atoms with Crippen LogP contribution in [-0.4, -0.2) is 41.1 Å². The summed E-state index contributed by atoms with van der Waals surface area (Å²) >= 11 is 0. The van der Waals surface area contributed by atoms with E-state index in [9.17, 15) is 0 Å². The SMILES string of the molecule is CCCCCCCNc1nc(N)nc(NCC2CCNCC2)n1. The van der Waals surface area contributed by atoms with Gasteiger partial charge in [0.1, 0.15) is 0 Å². The summed E-state index contributed by atoms with van der Waals surface area (Å²) < 4.78 is 0. The van der Waals surface area contributed by atoms with Crippen molar-refractivity contribution < 1.29 is 0 Å². The molecular weight excluding hydrogens is 290 g/mol. The van der Waals surface area contributed by atoms with E-state index < -0.39 is 0 Å². The van der Waals surface area contributed by atoms with E-state index in [1.54, 1.807) is 0 Å². The molecule has 0 saturated carbocycles. The number of anilines is 3. The smallest absolute Gasteiger partial charge is 0.229 e. The predicted molar refractivity (Wildman–Crippen MR) is 95.6 cm³/mol. The van der Waals surface area contributed by atoms with E-state index in [-0.39, 0.29) is 5.95 Å². The van der Waals surface area contributed by atoms with Gasteiger partial charge in [-0.3, -0.25) is 0 Å². The Morgan fingerprint density at radius 2 is 1.70 bits per heavy atom. The van der Waals surface area contributed by atoms with Gasteiger partial charge in [0.25, 0.3) is 0 Å². The van der Waals surface area contributed by atoms with E-state index in [0.717, 1.165) is 32.6 Å². The van der Waals surface area contributed by atoms with Crippen molar-refractivity contribution in [2.45, 2.75) is 51.9 Å². The van der Waals surface area contributed by atoms with Gasteiger partial charge in [-0.2, -0.15) is 15.0 Å². The van der Waals surface area contributed by atoms with Crippen LogP contribution in [0.25, 0.3) is 0 Å². The Morgan fingerprint density at radius 3 is 2.43 bits per heavy atom. The van der Waals surface area contributed by atoms with Crippen LogP contribution in [0.1, 0.15) is 51.9 Å². The zero-order valence-electron chi connectivity index (χ0n) is 14.3. The van der Waals surface area contributed by atoms with E-state index in [1.807, 2.05) is 0 Å². The summed E-state index contributed by atoms with van der Waals surface area (Å²) in [5.41, 5.74) is 5.79. The van der Waals surface area contributed by atoms with Crippen LogP contribution in [0.3, 0.4) is 0 Å². The number of rotatable bonds is 10. The second-order valence-corrected chi connectivity index (χ2v) is 6.26. The Hall–Kier alpha value is -1.63. The summed E-state index contributed by atoms with van der Waals surface area (Å²) in [6, 6.07) is 0. The Labute approximate surface area is 139 Å². The average Bonchev–Trinajstić information content (AvgIpc) is 2.57. The summed E-state index contributed by atoms with van der Waals surface area (Å²) in [5.74, 6) is 2.08. The molecule has 0 aliphatic carbocycles. The molecule has 1 aromatic heterocycles. The van der Waals surface area contributed by atoms with Crippen molar-refractivity contribution in [3.8, 4) is 0 Å². The number of aromatic nitrogens is 3. The fraction of sp³-hybridized carbons (Fsp3) is 0.812. The highest BCUT2D eigenvalue weighted by molar-refractivity contribution is 5.39. The molecule has 130 valence electrons. The third-order valence-corrected chi connectivity index (χ3v) is 4.22. The second kappa shape index (κ2) is 10.2. The maximum atomic E-state index is 5.79. The number of piperidine rings is 1. The van der Waals surface area contributed by atoms with E-state index in [2.05, 4.69) is 37.8 Å². The zero-order chi connectivity index (χ0) is 16.3. The van der Waals surface area contributed by atoms with Gasteiger partial charge in [-0.25, -0.2) is 0 Å². The van der Waals surface area contributed by atoms with E-state index in [0.29, 0.717) is 17.8 Å². The van der Waals surface area contributed by atoms with E-state index >= 15 is 0 Å². The van der Waals surface area contributed by atoms with E-state index in [4.69, 9.17) is 5.73 Å². The molecular formula is C16H31N7. The average molecular weight is 321 g/mol. The fourth-order valence-electron chi connectivity index (χ4n) is 2.80. The molecule has 0 unspecified atom stereocenters. The van der Waals surface area contributed by atoms with Gasteiger partial charge in [0.2, 0.25) is 17.8 Å². The molecule has 1 saturated heterocycles. The van der Waals surface area contributed by atoms with Crippen LogP contribution < -0.4 is 21.7 Å². The number of hydrogen-bond donors (Lipinski definition) is 4. The molecule has 7 nitrogen and oxygen atoms in total. The highest BCUT2D eigenvalue weighted by atomic mass is 15.2. The van der Waals surface area contributed by atoms with Crippen LogP contribution >= 0.6 is 0 Å². The standard InChI is InChI=1S/C16H31N7/c1-2-3-4-5-6-9-19-15-21-14(17)22-16(23-15)20-12-13-7-10-18-11-8-13/h13,18H,2-12H2,1H3,(H4,17,19,20,21,22,23). The number of nitrogens with two attached hydrogens (primary N) is 1. The maximum Gasteiger partial charge on any atom is 0.229 e. The summed E-state index contributed by atoms with van der Waals surface area (Å²) in [4.78, 5) is 12.7. The van der Waals surface area contributed by atoms with Crippen LogP contribution in [0.15, 0.2) is 0 Å². The third kappa shape index (κ3) is 6.99. The number of unbranched alkanes of at least 4 members (excludes halogenated alkanes) is 4. The van der Waals surface area contributed by atoms with Crippen molar-refractivity contribution in [2.24, 2.45) is 5.92 Å². The number of nitrogen functional groups attached to an aromatic ring is 1. The Kier molecular flexibility index (Phi) is 7.86. The molecule has 2 heterocycles. The first-order valence-electron chi connectivity index (χ1n) is 8.98. The molecule has 0 atom stereocenters. The highest BCUT2D eigenvalue weighted by Gasteiger charge is 2.13. The van der Waals surface area contributed by atoms with Crippen molar-refractivity contribution >= 4 is 17.8 Å². The summed E-state index contributed by atoms with van der Waals surface area (Å²) in [5, 5.41) is 9.93. The number of hydrogen-bond acceptors (Lipinski definition) is 7. The molecule has 1 aliphatic rings. The quantitative estimate of drug-likeness (QED) is 0.490. The third-order valence-electron chi connectivity index (χ3n) is 4.22. The first kappa shape index (κ1) is 17.7. The zero-order valence-corrected chi connectivity index (χ0v) is 14.3. The Morgan fingerprint density at radius 1 is 1.00 bits per heavy atom. The molecule has 0 radical (unpaired) electrons. The first-order valence-corrected chi connectivity index (χ1v) is 8.98. The van der Waals surface area contributed by atoms with Crippen LogP contribution in [0.5, 0.6) is 0 Å². The Bertz CT molecular complexity index is 446. The first-order chi connectivity index (χ1) is 11.3. The van der Waals surface area contributed by atoms with Gasteiger partial charge < -0.3 is 21.7 Å². The van der Waals surface area contributed by atoms with Gasteiger partial charge in [-0.15, -0.1) is 0 Å². The lowest BCUT2D eigenvalue weighted by Gasteiger charge is -2.22. The van der Waals surface area contributed by atoms with Gasteiger partial charge >= 0.3 is 0 Å². The van der Waals surface area contributed by atoms with Crippen molar-refractivity contribution in [3.63, 3.8) is 0 Å². The van der Waals surface area contributed by atoms with Gasteiger partial charge in [0.15, 0.2) is 0 Å². The molecule has 23 heavy (non-hydrogen) atoms. The fourth-order valence-corrected chi connectivity index (χ4v) is 2.80. The number of nitrogens with zero attached hydrogens (tertiary/aromatic N) is 3. The predicted octanol–water partition coefficient (Wildman–Crippen LogP) is 2.25. The highest BCUT2D eigenvalue weighted by Crippen LogP contribution is 2.13. The van der Waals surface area contributed by atoms with Crippen LogP contribution in [0.2, 0.25) is 0 Å². The minimum atomic E-state index is 0.265. The van der Waals surface area contributed by atoms with E-state index in [1.165, 1.54) is 38.5 Å². The molecule has 1 aliphatic heterocycles. The molecule has 2 rings (SSSR count). The topological polar surface area (TPSA) is 101 Å². The van der Waals surface area contributed by atoms with Gasteiger partial charge in [0.05, 0.1) is 0 Å². The molecule has 0 bridgehead atoms. The van der Waals surface area contributed by atoms with Crippen LogP contribution in [0.4, 0.5) is 17.8 Å². The van der Waals surface area contributed by atoms with Crippen molar-refractivity contribution in [2.75, 3.05) is 42.5 Å². The maximum absolute atomic E-state index is 5.79. The monoisotopic (exact) mass is 321 g/mol. The Balaban J connectivity index is 1.74. The molecule has 7 heteroatoms. The van der Waals surface area contributed by atoms with Gasteiger partial charge in [-0.05, 0) is 38.3 Å². The molecule has 5 N–H and O–H groups in total. The molecule has 1 aromatic rings. The minimum absolute atomic E-state index is 0.265. The summed E-state index contributed by atoms with van der Waals surface area (Å²) in [7, 11) is 0. The lowest BCUT2D eigenvalue weighted by atomic mass is 9.98. The van der Waals surface area contributed by atoms with Gasteiger partial charge in [-0.1, -0.05) is 32.6 Å². The summed E-state index contributed by atoms with van der Waals surface area (Å²) in [6.45, 7) is 6.18. The molecule has 0 amide bonds. The normalized spacial score (nSPS) is 15.5. The van der Waals surface area contributed by atoms with Gasteiger partial charge in [0, 0.05) is 13.1 Å². The molecule has 0 aromatic carbocycles. The lowest BCUT2D eigenvalue weighted by Crippen LogP contribution is -2.31. The summed E-state index contributed by atoms with van der Waals surface area (Å²) in [6.07, 6.45) is 8.62. The number of nitrogens with one attached hydrogen (secondary N) is 3. The van der Waals surface area contributed by atoms with Crippen molar-refractivity contribution in [3.05, 3.63) is 0 Å². The van der Waals surface area contributed by atoms with Crippen LogP contribution in [-0.2, 0) is 0 Å².